The lowest BCUT2D eigenvalue weighted by Gasteiger charge is -2.35. The number of hydrogen-bond acceptors (Lipinski definition) is 3. The van der Waals surface area contributed by atoms with Gasteiger partial charge in [-0.3, -0.25) is 4.79 Å². The van der Waals surface area contributed by atoms with Crippen molar-refractivity contribution in [3.63, 3.8) is 0 Å². The maximum Gasteiger partial charge on any atom is 0.253 e. The standard InChI is InChI=1S/C17H16ClN3OS/c18-15-3-4-16(23-15)20-7-9-21(10-8-20)17(22)13-1-2-14-12(11-13)5-6-19-14/h1-6,11,19H,7-10H2. The molecule has 1 saturated heterocycles. The first kappa shape index (κ1) is 14.6. The number of halogens is 1. The van der Waals surface area contributed by atoms with Crippen molar-refractivity contribution in [2.45, 2.75) is 0 Å². The molecular formula is C17H16ClN3OS. The van der Waals surface area contributed by atoms with Crippen LogP contribution in [0.1, 0.15) is 10.4 Å². The topological polar surface area (TPSA) is 39.3 Å². The van der Waals surface area contributed by atoms with Crippen LogP contribution in [0.5, 0.6) is 0 Å². The number of nitrogens with zero attached hydrogens (tertiary/aromatic N) is 2. The molecule has 118 valence electrons. The third-order valence-corrected chi connectivity index (χ3v) is 5.53. The van der Waals surface area contributed by atoms with Gasteiger partial charge in [-0.15, -0.1) is 11.3 Å². The van der Waals surface area contributed by atoms with Crippen molar-refractivity contribution in [2.24, 2.45) is 0 Å². The molecule has 1 aliphatic heterocycles. The molecule has 23 heavy (non-hydrogen) atoms. The zero-order chi connectivity index (χ0) is 15.8. The van der Waals surface area contributed by atoms with Gasteiger partial charge in [0.25, 0.3) is 5.91 Å². The lowest BCUT2D eigenvalue weighted by molar-refractivity contribution is 0.0747. The zero-order valence-corrected chi connectivity index (χ0v) is 14.0. The number of hydrogen-bond donors (Lipinski definition) is 1. The molecule has 0 saturated carbocycles. The Bertz CT molecular complexity index is 848. The number of anilines is 1. The highest BCUT2D eigenvalue weighted by atomic mass is 35.5. The minimum absolute atomic E-state index is 0.108. The summed E-state index contributed by atoms with van der Waals surface area (Å²) in [5.41, 5.74) is 1.81. The van der Waals surface area contributed by atoms with Crippen LogP contribution in [0.4, 0.5) is 5.00 Å². The zero-order valence-electron chi connectivity index (χ0n) is 12.5. The molecule has 0 unspecified atom stereocenters. The van der Waals surface area contributed by atoms with Gasteiger partial charge >= 0.3 is 0 Å². The summed E-state index contributed by atoms with van der Waals surface area (Å²) < 4.78 is 0.804. The minimum Gasteiger partial charge on any atom is -0.361 e. The second kappa shape index (κ2) is 5.91. The molecule has 1 aromatic carbocycles. The van der Waals surface area contributed by atoms with E-state index >= 15 is 0 Å². The lowest BCUT2D eigenvalue weighted by atomic mass is 10.1. The number of carbonyl (C=O) groups excluding carboxylic acids is 1. The van der Waals surface area contributed by atoms with Gasteiger partial charge in [-0.05, 0) is 36.4 Å². The van der Waals surface area contributed by atoms with Gasteiger partial charge < -0.3 is 14.8 Å². The number of nitrogens with one attached hydrogen (secondary N) is 1. The Hall–Kier alpha value is -1.98. The Morgan fingerprint density at radius 1 is 1.09 bits per heavy atom. The van der Waals surface area contributed by atoms with Crippen LogP contribution in [-0.4, -0.2) is 42.0 Å². The molecule has 4 rings (SSSR count). The molecule has 1 amide bonds. The summed E-state index contributed by atoms with van der Waals surface area (Å²) >= 11 is 7.59. The van der Waals surface area contributed by atoms with Crippen LogP contribution < -0.4 is 4.90 Å². The SMILES string of the molecule is O=C(c1ccc2[nH]ccc2c1)N1CCN(c2ccc(Cl)s2)CC1. The van der Waals surface area contributed by atoms with Crippen LogP contribution >= 0.6 is 22.9 Å². The van der Waals surface area contributed by atoms with E-state index in [1.807, 2.05) is 47.5 Å². The lowest BCUT2D eigenvalue weighted by Crippen LogP contribution is -2.48. The number of aromatic nitrogens is 1. The Labute approximate surface area is 143 Å². The molecule has 0 bridgehead atoms. The molecule has 0 atom stereocenters. The van der Waals surface area contributed by atoms with Crippen molar-refractivity contribution < 1.29 is 4.79 Å². The summed E-state index contributed by atoms with van der Waals surface area (Å²) in [4.78, 5) is 20.1. The smallest absolute Gasteiger partial charge is 0.253 e. The van der Waals surface area contributed by atoms with Crippen LogP contribution in [0.2, 0.25) is 4.34 Å². The molecule has 1 fully saturated rings. The van der Waals surface area contributed by atoms with Crippen molar-refractivity contribution >= 4 is 44.7 Å². The van der Waals surface area contributed by atoms with Crippen molar-refractivity contribution in [3.8, 4) is 0 Å². The fourth-order valence-corrected chi connectivity index (χ4v) is 4.06. The molecule has 1 aliphatic rings. The average molecular weight is 346 g/mol. The third kappa shape index (κ3) is 2.82. The Morgan fingerprint density at radius 3 is 2.65 bits per heavy atom. The van der Waals surface area contributed by atoms with Crippen molar-refractivity contribution in [3.05, 3.63) is 52.5 Å². The summed E-state index contributed by atoms with van der Waals surface area (Å²) in [5, 5.41) is 2.25. The number of H-pyrrole nitrogens is 1. The van der Waals surface area contributed by atoms with Gasteiger partial charge in [0, 0.05) is 48.8 Å². The van der Waals surface area contributed by atoms with E-state index in [-0.39, 0.29) is 5.91 Å². The third-order valence-electron chi connectivity index (χ3n) is 4.24. The first-order chi connectivity index (χ1) is 11.2. The summed E-state index contributed by atoms with van der Waals surface area (Å²) in [6, 6.07) is 11.8. The molecule has 4 nitrogen and oxygen atoms in total. The first-order valence-corrected chi connectivity index (χ1v) is 8.77. The molecule has 0 radical (unpaired) electrons. The van der Waals surface area contributed by atoms with E-state index in [4.69, 9.17) is 11.6 Å². The first-order valence-electron chi connectivity index (χ1n) is 7.57. The van der Waals surface area contributed by atoms with Gasteiger partial charge in [-0.25, -0.2) is 0 Å². The van der Waals surface area contributed by atoms with Crippen LogP contribution in [0.25, 0.3) is 10.9 Å². The minimum atomic E-state index is 0.108. The van der Waals surface area contributed by atoms with E-state index in [9.17, 15) is 4.79 Å². The van der Waals surface area contributed by atoms with Crippen molar-refractivity contribution in [1.29, 1.82) is 0 Å². The number of piperazine rings is 1. The van der Waals surface area contributed by atoms with E-state index in [0.717, 1.165) is 47.0 Å². The summed E-state index contributed by atoms with van der Waals surface area (Å²) in [6.45, 7) is 3.16. The highest BCUT2D eigenvalue weighted by Gasteiger charge is 2.23. The summed E-state index contributed by atoms with van der Waals surface area (Å²) in [5.74, 6) is 0.108. The highest BCUT2D eigenvalue weighted by molar-refractivity contribution is 7.19. The number of amides is 1. The molecule has 0 aliphatic carbocycles. The molecule has 1 N–H and O–H groups in total. The summed E-state index contributed by atoms with van der Waals surface area (Å²) in [6.07, 6.45) is 1.89. The molecule has 2 aromatic heterocycles. The number of fused-ring (bicyclic) bond motifs is 1. The van der Waals surface area contributed by atoms with E-state index in [1.54, 1.807) is 11.3 Å². The normalized spacial score (nSPS) is 15.3. The molecule has 6 heteroatoms. The van der Waals surface area contributed by atoms with Gasteiger partial charge in [-0.1, -0.05) is 11.6 Å². The van der Waals surface area contributed by atoms with Gasteiger partial charge in [0.1, 0.15) is 0 Å². The Balaban J connectivity index is 1.46. The maximum absolute atomic E-state index is 12.7. The predicted octanol–water partition coefficient (Wildman–Crippen LogP) is 3.85. The monoisotopic (exact) mass is 345 g/mol. The van der Waals surface area contributed by atoms with Gasteiger partial charge in [0.05, 0.1) is 9.34 Å². The number of thiophene rings is 1. The van der Waals surface area contributed by atoms with E-state index < -0.39 is 0 Å². The number of rotatable bonds is 2. The molecule has 0 spiro atoms. The van der Waals surface area contributed by atoms with Crippen LogP contribution in [0, 0.1) is 0 Å². The quantitative estimate of drug-likeness (QED) is 0.766. The van der Waals surface area contributed by atoms with E-state index in [2.05, 4.69) is 9.88 Å². The van der Waals surface area contributed by atoms with Gasteiger partial charge in [0.15, 0.2) is 0 Å². The molecule has 3 aromatic rings. The second-order valence-corrected chi connectivity index (χ2v) is 7.33. The Kier molecular flexibility index (Phi) is 3.75. The molecular weight excluding hydrogens is 330 g/mol. The number of benzene rings is 1. The van der Waals surface area contributed by atoms with Crippen LogP contribution in [-0.2, 0) is 0 Å². The van der Waals surface area contributed by atoms with Crippen molar-refractivity contribution in [2.75, 3.05) is 31.1 Å². The second-order valence-electron chi connectivity index (χ2n) is 5.64. The Morgan fingerprint density at radius 2 is 1.91 bits per heavy atom. The fraction of sp³-hybridized carbons (Fsp3) is 0.235. The van der Waals surface area contributed by atoms with E-state index in [0.29, 0.717) is 0 Å². The van der Waals surface area contributed by atoms with Crippen molar-refractivity contribution in [1.82, 2.24) is 9.88 Å². The molecule has 3 heterocycles. The van der Waals surface area contributed by atoms with Crippen LogP contribution in [0.3, 0.4) is 0 Å². The van der Waals surface area contributed by atoms with Gasteiger partial charge in [-0.2, -0.15) is 0 Å². The predicted molar refractivity (Wildman–Crippen MR) is 95.7 cm³/mol. The highest BCUT2D eigenvalue weighted by Crippen LogP contribution is 2.30. The van der Waals surface area contributed by atoms with Crippen LogP contribution in [0.15, 0.2) is 42.6 Å². The summed E-state index contributed by atoms with van der Waals surface area (Å²) in [7, 11) is 0. The largest absolute Gasteiger partial charge is 0.361 e. The van der Waals surface area contributed by atoms with Gasteiger partial charge in [0.2, 0.25) is 0 Å². The maximum atomic E-state index is 12.7. The fourth-order valence-electron chi connectivity index (χ4n) is 2.97. The average Bonchev–Trinajstić information content (AvgIpc) is 3.22. The number of carbonyl (C=O) groups is 1. The number of aromatic amines is 1. The van der Waals surface area contributed by atoms with E-state index in [1.165, 1.54) is 5.00 Å².